The first-order valence-corrected chi connectivity index (χ1v) is 5.78. The first kappa shape index (κ1) is 17.6. The highest BCUT2D eigenvalue weighted by molar-refractivity contribution is 6.01. The minimum atomic E-state index is -1.15. The van der Waals surface area contributed by atoms with E-state index in [1.807, 2.05) is 0 Å². The van der Waals surface area contributed by atoms with E-state index in [-0.39, 0.29) is 25.7 Å². The average Bonchev–Trinajstić information content (AvgIpc) is 2.69. The largest absolute Gasteiger partial charge is 0.481 e. The van der Waals surface area contributed by atoms with Crippen molar-refractivity contribution in [2.45, 2.75) is 39.0 Å². The van der Waals surface area contributed by atoms with Crippen molar-refractivity contribution in [3.63, 3.8) is 0 Å². The molecule has 1 fully saturated rings. The minimum absolute atomic E-state index is 0.0189. The number of carboxylic acids is 2. The van der Waals surface area contributed by atoms with Crippen molar-refractivity contribution in [3.8, 4) is 0 Å². The van der Waals surface area contributed by atoms with Crippen LogP contribution in [0, 0.1) is 0 Å². The SMILES string of the molecule is CCC(=O)O.O=C(O)CCC(=O)ON1C(=O)CCC1=O. The summed E-state index contributed by atoms with van der Waals surface area (Å²) in [4.78, 5) is 56.8. The molecule has 2 N–H and O–H groups in total. The number of carboxylic acid groups (broad SMARTS) is 2. The fourth-order valence-corrected chi connectivity index (χ4v) is 1.01. The van der Waals surface area contributed by atoms with Crippen LogP contribution >= 0.6 is 0 Å². The van der Waals surface area contributed by atoms with Crippen LogP contribution in [-0.4, -0.2) is 45.0 Å². The molecular weight excluding hydrogens is 274 g/mol. The van der Waals surface area contributed by atoms with Crippen molar-refractivity contribution in [2.75, 3.05) is 0 Å². The van der Waals surface area contributed by atoms with E-state index in [0.717, 1.165) is 0 Å². The van der Waals surface area contributed by atoms with Gasteiger partial charge in [-0.2, -0.15) is 0 Å². The second kappa shape index (κ2) is 8.62. The zero-order chi connectivity index (χ0) is 15.7. The Morgan fingerprint density at radius 1 is 1.05 bits per heavy atom. The zero-order valence-electron chi connectivity index (χ0n) is 10.8. The second-order valence-corrected chi connectivity index (χ2v) is 3.69. The van der Waals surface area contributed by atoms with E-state index in [9.17, 15) is 24.0 Å². The third-order valence-electron chi connectivity index (χ3n) is 2.04. The van der Waals surface area contributed by atoms with Gasteiger partial charge in [0, 0.05) is 19.3 Å². The van der Waals surface area contributed by atoms with Crippen molar-refractivity contribution in [1.29, 1.82) is 0 Å². The molecule has 0 bridgehead atoms. The molecule has 0 spiro atoms. The highest BCUT2D eigenvalue weighted by Crippen LogP contribution is 2.12. The monoisotopic (exact) mass is 289 g/mol. The number of hydrogen-bond acceptors (Lipinski definition) is 6. The number of nitrogens with zero attached hydrogens (tertiary/aromatic N) is 1. The number of imide groups is 1. The lowest BCUT2D eigenvalue weighted by atomic mass is 10.3. The Morgan fingerprint density at radius 3 is 1.85 bits per heavy atom. The summed E-state index contributed by atoms with van der Waals surface area (Å²) in [6, 6.07) is 0. The molecule has 9 nitrogen and oxygen atoms in total. The third kappa shape index (κ3) is 7.09. The zero-order valence-corrected chi connectivity index (χ0v) is 10.8. The topological polar surface area (TPSA) is 138 Å². The van der Waals surface area contributed by atoms with Crippen LogP contribution in [0.15, 0.2) is 0 Å². The molecule has 0 unspecified atom stereocenters. The first-order chi connectivity index (χ1) is 9.27. The molecule has 1 heterocycles. The average molecular weight is 289 g/mol. The van der Waals surface area contributed by atoms with Gasteiger partial charge in [-0.05, 0) is 0 Å². The van der Waals surface area contributed by atoms with Crippen LogP contribution in [0.3, 0.4) is 0 Å². The number of rotatable bonds is 5. The van der Waals surface area contributed by atoms with Crippen LogP contribution < -0.4 is 0 Å². The fraction of sp³-hybridized carbons (Fsp3) is 0.545. The van der Waals surface area contributed by atoms with Crippen molar-refractivity contribution < 1.29 is 39.0 Å². The maximum atomic E-state index is 11.0. The van der Waals surface area contributed by atoms with Gasteiger partial charge in [0.2, 0.25) is 0 Å². The van der Waals surface area contributed by atoms with Crippen molar-refractivity contribution in [1.82, 2.24) is 5.06 Å². The summed E-state index contributed by atoms with van der Waals surface area (Å²) in [5.74, 6) is -3.95. The van der Waals surface area contributed by atoms with Crippen LogP contribution in [0.25, 0.3) is 0 Å². The van der Waals surface area contributed by atoms with Crippen LogP contribution in [0.2, 0.25) is 0 Å². The number of amides is 2. The predicted octanol–water partition coefficient (Wildman–Crippen LogP) is -0.0606. The van der Waals surface area contributed by atoms with Crippen LogP contribution in [0.1, 0.15) is 39.0 Å². The van der Waals surface area contributed by atoms with Gasteiger partial charge in [0.25, 0.3) is 11.8 Å². The maximum Gasteiger partial charge on any atom is 0.333 e. The van der Waals surface area contributed by atoms with Crippen molar-refractivity contribution >= 4 is 29.7 Å². The predicted molar refractivity (Wildman–Crippen MR) is 62.0 cm³/mol. The Kier molecular flexibility index (Phi) is 7.56. The molecule has 0 saturated carbocycles. The van der Waals surface area contributed by atoms with Gasteiger partial charge in [0.05, 0.1) is 12.8 Å². The Hall–Kier alpha value is -2.45. The van der Waals surface area contributed by atoms with Gasteiger partial charge in [-0.1, -0.05) is 6.92 Å². The molecule has 0 aromatic rings. The Morgan fingerprint density at radius 2 is 1.50 bits per heavy atom. The minimum Gasteiger partial charge on any atom is -0.481 e. The van der Waals surface area contributed by atoms with E-state index in [1.165, 1.54) is 0 Å². The summed E-state index contributed by atoms with van der Waals surface area (Å²) in [5, 5.41) is 16.4. The quantitative estimate of drug-likeness (QED) is 0.671. The van der Waals surface area contributed by atoms with Crippen LogP contribution in [0.5, 0.6) is 0 Å². The molecule has 20 heavy (non-hydrogen) atoms. The molecule has 0 aliphatic carbocycles. The summed E-state index contributed by atoms with van der Waals surface area (Å²) in [6.45, 7) is 1.60. The highest BCUT2D eigenvalue weighted by Gasteiger charge is 2.32. The molecule has 1 aliphatic heterocycles. The molecule has 0 aromatic heterocycles. The Bertz CT molecular complexity index is 401. The molecular formula is C11H15NO8. The molecule has 9 heteroatoms. The second-order valence-electron chi connectivity index (χ2n) is 3.69. The maximum absolute atomic E-state index is 11.0. The summed E-state index contributed by atoms with van der Waals surface area (Å²) in [7, 11) is 0. The lowest BCUT2D eigenvalue weighted by molar-refractivity contribution is -0.197. The van der Waals surface area contributed by atoms with E-state index < -0.39 is 36.1 Å². The van der Waals surface area contributed by atoms with Crippen molar-refractivity contribution in [2.24, 2.45) is 0 Å². The van der Waals surface area contributed by atoms with Crippen LogP contribution in [0.4, 0.5) is 0 Å². The molecule has 1 saturated heterocycles. The summed E-state index contributed by atoms with van der Waals surface area (Å²) in [6.07, 6.45) is -0.502. The molecule has 112 valence electrons. The first-order valence-electron chi connectivity index (χ1n) is 5.78. The Labute approximate surface area is 114 Å². The molecule has 2 amide bonds. The standard InChI is InChI=1S/C8H9NO6.C3H6O2/c10-5-1-2-6(11)9(5)15-8(14)4-3-7(12)13;1-2-3(4)5/h1-4H2,(H,12,13);2H2,1H3,(H,4,5). The van der Waals surface area contributed by atoms with Gasteiger partial charge in [-0.25, -0.2) is 4.79 Å². The Balaban J connectivity index is 0.000000621. The van der Waals surface area contributed by atoms with Gasteiger partial charge in [-0.15, -0.1) is 5.06 Å². The lowest BCUT2D eigenvalue weighted by Crippen LogP contribution is -2.32. The summed E-state index contributed by atoms with van der Waals surface area (Å²) < 4.78 is 0. The van der Waals surface area contributed by atoms with Gasteiger partial charge >= 0.3 is 17.9 Å². The highest BCUT2D eigenvalue weighted by atomic mass is 16.7. The third-order valence-corrected chi connectivity index (χ3v) is 2.04. The molecule has 0 atom stereocenters. The van der Waals surface area contributed by atoms with Crippen LogP contribution in [-0.2, 0) is 28.8 Å². The summed E-state index contributed by atoms with van der Waals surface area (Å²) in [5.41, 5.74) is 0. The smallest absolute Gasteiger partial charge is 0.333 e. The fourth-order valence-electron chi connectivity index (χ4n) is 1.01. The van der Waals surface area contributed by atoms with Crippen molar-refractivity contribution in [3.05, 3.63) is 0 Å². The van der Waals surface area contributed by atoms with E-state index in [4.69, 9.17) is 10.2 Å². The molecule has 1 aliphatic rings. The number of hydroxylamine groups is 2. The van der Waals surface area contributed by atoms with E-state index in [2.05, 4.69) is 4.84 Å². The van der Waals surface area contributed by atoms with Gasteiger partial charge in [-0.3, -0.25) is 19.2 Å². The number of carbonyl (C=O) groups excluding carboxylic acids is 3. The number of hydrogen-bond donors (Lipinski definition) is 2. The molecule has 0 aromatic carbocycles. The van der Waals surface area contributed by atoms with Gasteiger partial charge < -0.3 is 15.1 Å². The van der Waals surface area contributed by atoms with Gasteiger partial charge in [0.15, 0.2) is 0 Å². The van der Waals surface area contributed by atoms with E-state index >= 15 is 0 Å². The van der Waals surface area contributed by atoms with E-state index in [0.29, 0.717) is 5.06 Å². The normalized spacial score (nSPS) is 13.6. The van der Waals surface area contributed by atoms with Gasteiger partial charge in [0.1, 0.15) is 0 Å². The molecule has 0 radical (unpaired) electrons. The molecule has 1 rings (SSSR count). The van der Waals surface area contributed by atoms with E-state index in [1.54, 1.807) is 6.92 Å². The number of aliphatic carboxylic acids is 2. The number of carbonyl (C=O) groups is 5. The lowest BCUT2D eigenvalue weighted by Gasteiger charge is -2.11. The summed E-state index contributed by atoms with van der Waals surface area (Å²) >= 11 is 0.